The minimum Gasteiger partial charge on any atom is -0.478 e. The molecule has 1 saturated heterocycles. The predicted molar refractivity (Wildman–Crippen MR) is 99.5 cm³/mol. The lowest BCUT2D eigenvalue weighted by Crippen LogP contribution is -2.48. The average molecular weight is 386 g/mol. The van der Waals surface area contributed by atoms with Crippen LogP contribution < -0.4 is 10.1 Å². The molecule has 25 heavy (non-hydrogen) atoms. The SMILES string of the molecule is CC(C)(Oc1ccc(C2CC2(Cl)Cl)cc1)C(=O)NCC1CCOCC1. The van der Waals surface area contributed by atoms with Crippen LogP contribution in [0.25, 0.3) is 0 Å². The van der Waals surface area contributed by atoms with E-state index in [1.54, 1.807) is 13.8 Å². The van der Waals surface area contributed by atoms with E-state index in [0.717, 1.165) is 38.0 Å². The highest BCUT2D eigenvalue weighted by atomic mass is 35.5. The van der Waals surface area contributed by atoms with E-state index in [1.165, 1.54) is 0 Å². The van der Waals surface area contributed by atoms with E-state index >= 15 is 0 Å². The Kier molecular flexibility index (Phi) is 5.52. The fraction of sp³-hybridized carbons (Fsp3) is 0.632. The largest absolute Gasteiger partial charge is 0.478 e. The van der Waals surface area contributed by atoms with Crippen LogP contribution in [0.15, 0.2) is 24.3 Å². The summed E-state index contributed by atoms with van der Waals surface area (Å²) in [6, 6.07) is 7.65. The van der Waals surface area contributed by atoms with Crippen molar-refractivity contribution >= 4 is 29.1 Å². The zero-order valence-corrected chi connectivity index (χ0v) is 16.2. The molecule has 1 aliphatic heterocycles. The van der Waals surface area contributed by atoms with Gasteiger partial charge in [-0.25, -0.2) is 0 Å². The summed E-state index contributed by atoms with van der Waals surface area (Å²) in [7, 11) is 0. The standard InChI is InChI=1S/C19H25Cl2NO3/c1-18(2,17(23)22-12-13-7-9-24-10-8-13)25-15-5-3-14(4-6-15)16-11-19(16,20)21/h3-6,13,16H,7-12H2,1-2H3,(H,22,23). The van der Waals surface area contributed by atoms with Crippen LogP contribution in [0.4, 0.5) is 0 Å². The van der Waals surface area contributed by atoms with Crippen molar-refractivity contribution in [3.63, 3.8) is 0 Å². The van der Waals surface area contributed by atoms with Crippen molar-refractivity contribution in [2.24, 2.45) is 5.92 Å². The van der Waals surface area contributed by atoms with Gasteiger partial charge in [-0.3, -0.25) is 4.79 Å². The maximum absolute atomic E-state index is 12.5. The van der Waals surface area contributed by atoms with E-state index in [2.05, 4.69) is 5.32 Å². The normalized spacial score (nSPS) is 23.1. The van der Waals surface area contributed by atoms with Gasteiger partial charge in [-0.05, 0) is 56.7 Å². The molecule has 1 unspecified atom stereocenters. The van der Waals surface area contributed by atoms with Gasteiger partial charge in [-0.2, -0.15) is 0 Å². The Morgan fingerprint density at radius 2 is 1.88 bits per heavy atom. The van der Waals surface area contributed by atoms with Gasteiger partial charge in [0.05, 0.1) is 0 Å². The summed E-state index contributed by atoms with van der Waals surface area (Å²) < 4.78 is 10.6. The number of nitrogens with one attached hydrogen (secondary N) is 1. The smallest absolute Gasteiger partial charge is 0.263 e. The molecule has 1 amide bonds. The molecule has 0 aromatic heterocycles. The van der Waals surface area contributed by atoms with Crippen molar-refractivity contribution in [1.82, 2.24) is 5.32 Å². The topological polar surface area (TPSA) is 47.6 Å². The molecule has 1 aliphatic carbocycles. The van der Waals surface area contributed by atoms with E-state index in [0.29, 0.717) is 18.2 Å². The third-order valence-electron chi connectivity index (χ3n) is 4.92. The number of carbonyl (C=O) groups is 1. The Labute approximate surface area is 159 Å². The highest BCUT2D eigenvalue weighted by Crippen LogP contribution is 2.59. The second kappa shape index (κ2) is 7.34. The second-order valence-electron chi connectivity index (χ2n) is 7.46. The Bertz CT molecular complexity index is 610. The van der Waals surface area contributed by atoms with Gasteiger partial charge in [-0.1, -0.05) is 12.1 Å². The first-order valence-electron chi connectivity index (χ1n) is 8.81. The quantitative estimate of drug-likeness (QED) is 0.751. The van der Waals surface area contributed by atoms with Gasteiger partial charge in [0, 0.05) is 25.7 Å². The van der Waals surface area contributed by atoms with Crippen LogP contribution in [-0.4, -0.2) is 35.6 Å². The number of halogens is 2. The Morgan fingerprint density at radius 1 is 1.28 bits per heavy atom. The lowest BCUT2D eigenvalue weighted by molar-refractivity contribution is -0.134. The highest BCUT2D eigenvalue weighted by Gasteiger charge is 2.52. The first-order chi connectivity index (χ1) is 11.8. The van der Waals surface area contributed by atoms with Crippen molar-refractivity contribution in [2.75, 3.05) is 19.8 Å². The molecule has 1 heterocycles. The summed E-state index contributed by atoms with van der Waals surface area (Å²) in [5, 5.41) is 3.01. The summed E-state index contributed by atoms with van der Waals surface area (Å²) in [6.45, 7) is 5.79. The second-order valence-corrected chi connectivity index (χ2v) is 9.01. The van der Waals surface area contributed by atoms with Crippen LogP contribution >= 0.6 is 23.2 Å². The zero-order valence-electron chi connectivity index (χ0n) is 14.7. The summed E-state index contributed by atoms with van der Waals surface area (Å²) >= 11 is 12.2. The number of amides is 1. The van der Waals surface area contributed by atoms with Gasteiger partial charge in [0.25, 0.3) is 5.91 Å². The molecule has 3 rings (SSSR count). The molecule has 1 aromatic rings. The number of benzene rings is 1. The molecule has 6 heteroatoms. The van der Waals surface area contributed by atoms with Gasteiger partial charge < -0.3 is 14.8 Å². The van der Waals surface area contributed by atoms with Crippen LogP contribution in [-0.2, 0) is 9.53 Å². The van der Waals surface area contributed by atoms with E-state index < -0.39 is 9.93 Å². The van der Waals surface area contributed by atoms with Crippen molar-refractivity contribution in [1.29, 1.82) is 0 Å². The van der Waals surface area contributed by atoms with E-state index in [9.17, 15) is 4.79 Å². The molecular formula is C19H25Cl2NO3. The van der Waals surface area contributed by atoms with Gasteiger partial charge >= 0.3 is 0 Å². The minimum atomic E-state index is -0.936. The highest BCUT2D eigenvalue weighted by molar-refractivity contribution is 6.51. The molecule has 2 aliphatic rings. The van der Waals surface area contributed by atoms with E-state index in [1.807, 2.05) is 24.3 Å². The number of hydrogen-bond donors (Lipinski definition) is 1. The number of alkyl halides is 2. The molecule has 1 atom stereocenters. The molecule has 0 radical (unpaired) electrons. The minimum absolute atomic E-state index is 0.106. The molecule has 1 saturated carbocycles. The summed E-state index contributed by atoms with van der Waals surface area (Å²) in [4.78, 5) is 12.5. The summed E-state index contributed by atoms with van der Waals surface area (Å²) in [5.41, 5.74) is 0.161. The maximum atomic E-state index is 12.5. The molecule has 1 aromatic carbocycles. The lowest BCUT2D eigenvalue weighted by Gasteiger charge is -2.28. The van der Waals surface area contributed by atoms with Crippen LogP contribution in [0.5, 0.6) is 5.75 Å². The third kappa shape index (κ3) is 4.81. The van der Waals surface area contributed by atoms with E-state index in [-0.39, 0.29) is 11.8 Å². The fourth-order valence-electron chi connectivity index (χ4n) is 3.08. The molecule has 4 nitrogen and oxygen atoms in total. The van der Waals surface area contributed by atoms with Gasteiger partial charge in [-0.15, -0.1) is 23.2 Å². The first-order valence-corrected chi connectivity index (χ1v) is 9.56. The third-order valence-corrected chi connectivity index (χ3v) is 5.76. The number of carbonyl (C=O) groups excluding carboxylic acids is 1. The van der Waals surface area contributed by atoms with Crippen LogP contribution in [0.2, 0.25) is 0 Å². The summed E-state index contributed by atoms with van der Waals surface area (Å²) in [5.74, 6) is 1.22. The van der Waals surface area contributed by atoms with Crippen LogP contribution in [0, 0.1) is 5.92 Å². The van der Waals surface area contributed by atoms with Crippen molar-refractivity contribution < 1.29 is 14.3 Å². The predicted octanol–water partition coefficient (Wildman–Crippen LogP) is 4.05. The van der Waals surface area contributed by atoms with Gasteiger partial charge in [0.15, 0.2) is 5.60 Å². The van der Waals surface area contributed by atoms with E-state index in [4.69, 9.17) is 32.7 Å². The summed E-state index contributed by atoms with van der Waals surface area (Å²) in [6.07, 6.45) is 2.76. The lowest BCUT2D eigenvalue weighted by atomic mass is 10.00. The number of hydrogen-bond acceptors (Lipinski definition) is 3. The molecular weight excluding hydrogens is 361 g/mol. The average Bonchev–Trinajstić information content (AvgIpc) is 3.22. The van der Waals surface area contributed by atoms with Crippen molar-refractivity contribution in [2.45, 2.75) is 49.0 Å². The number of rotatable bonds is 6. The van der Waals surface area contributed by atoms with Gasteiger partial charge in [0.1, 0.15) is 10.1 Å². The van der Waals surface area contributed by atoms with Gasteiger partial charge in [0.2, 0.25) is 0 Å². The van der Waals surface area contributed by atoms with Crippen molar-refractivity contribution in [3.8, 4) is 5.75 Å². The van der Waals surface area contributed by atoms with Crippen LogP contribution in [0.3, 0.4) is 0 Å². The molecule has 1 N–H and O–H groups in total. The van der Waals surface area contributed by atoms with Crippen LogP contribution in [0.1, 0.15) is 44.6 Å². The molecule has 138 valence electrons. The molecule has 0 spiro atoms. The Balaban J connectivity index is 1.52. The Hall–Kier alpha value is -0.970. The Morgan fingerprint density at radius 3 is 2.44 bits per heavy atom. The maximum Gasteiger partial charge on any atom is 0.263 e. The molecule has 2 fully saturated rings. The fourth-order valence-corrected chi connectivity index (χ4v) is 3.65. The monoisotopic (exact) mass is 385 g/mol. The first kappa shape index (κ1) is 18.8. The number of ether oxygens (including phenoxy) is 2. The zero-order chi connectivity index (χ0) is 18.1. The molecule has 0 bridgehead atoms. The van der Waals surface area contributed by atoms with Crippen molar-refractivity contribution in [3.05, 3.63) is 29.8 Å².